The Kier molecular flexibility index (Phi) is 3.39. The van der Waals surface area contributed by atoms with E-state index in [1.165, 1.54) is 7.11 Å². The van der Waals surface area contributed by atoms with E-state index in [0.717, 1.165) is 0 Å². The van der Waals surface area contributed by atoms with Gasteiger partial charge in [0.25, 0.3) is 0 Å². The van der Waals surface area contributed by atoms with E-state index in [1.807, 2.05) is 0 Å². The SMILES string of the molecule is COC1=NOC(NC(=O)OC(C)(C)C)C1. The van der Waals surface area contributed by atoms with Crippen molar-refractivity contribution in [1.82, 2.24) is 5.32 Å². The molecule has 1 rings (SSSR count). The second-order valence-corrected chi connectivity index (χ2v) is 4.13. The number of ether oxygens (including phenoxy) is 2. The van der Waals surface area contributed by atoms with Gasteiger partial charge in [-0.15, -0.1) is 0 Å². The molecular formula is C9H16N2O4. The Labute approximate surface area is 88.6 Å². The molecule has 6 heteroatoms. The Bertz CT molecular complexity index is 270. The molecular weight excluding hydrogens is 200 g/mol. The molecule has 15 heavy (non-hydrogen) atoms. The van der Waals surface area contributed by atoms with Gasteiger partial charge in [-0.2, -0.15) is 0 Å². The molecule has 0 aromatic heterocycles. The van der Waals surface area contributed by atoms with Crippen LogP contribution in [0.25, 0.3) is 0 Å². The number of nitrogens with zero attached hydrogens (tertiary/aromatic N) is 1. The van der Waals surface area contributed by atoms with E-state index >= 15 is 0 Å². The highest BCUT2D eigenvalue weighted by Crippen LogP contribution is 2.10. The number of hydrogen-bond acceptors (Lipinski definition) is 5. The molecule has 0 fully saturated rings. The number of rotatable bonds is 1. The first-order valence-electron chi connectivity index (χ1n) is 4.67. The molecule has 86 valence electrons. The molecule has 1 aliphatic heterocycles. The van der Waals surface area contributed by atoms with Crippen LogP contribution in [-0.2, 0) is 14.3 Å². The molecule has 1 heterocycles. The summed E-state index contributed by atoms with van der Waals surface area (Å²) in [6.07, 6.45) is -0.620. The minimum absolute atomic E-state index is 0.412. The molecule has 0 spiro atoms. The highest BCUT2D eigenvalue weighted by Gasteiger charge is 2.25. The summed E-state index contributed by atoms with van der Waals surface area (Å²) in [5.41, 5.74) is -0.520. The molecule has 1 unspecified atom stereocenters. The van der Waals surface area contributed by atoms with Gasteiger partial charge in [0.15, 0.2) is 0 Å². The van der Waals surface area contributed by atoms with Gasteiger partial charge in [-0.1, -0.05) is 0 Å². The number of amides is 1. The van der Waals surface area contributed by atoms with Gasteiger partial charge in [-0.05, 0) is 25.9 Å². The predicted molar refractivity (Wildman–Crippen MR) is 53.3 cm³/mol. The quantitative estimate of drug-likeness (QED) is 0.715. The fourth-order valence-electron chi connectivity index (χ4n) is 0.993. The molecule has 0 aromatic carbocycles. The molecule has 0 bridgehead atoms. The van der Waals surface area contributed by atoms with Crippen molar-refractivity contribution in [3.8, 4) is 0 Å². The third-order valence-electron chi connectivity index (χ3n) is 1.56. The van der Waals surface area contributed by atoms with Gasteiger partial charge in [0, 0.05) is 0 Å². The van der Waals surface area contributed by atoms with Gasteiger partial charge in [0.1, 0.15) is 5.60 Å². The van der Waals surface area contributed by atoms with E-state index in [0.29, 0.717) is 12.3 Å². The maximum absolute atomic E-state index is 11.3. The van der Waals surface area contributed by atoms with Gasteiger partial charge < -0.3 is 14.3 Å². The van der Waals surface area contributed by atoms with Crippen molar-refractivity contribution in [3.05, 3.63) is 0 Å². The van der Waals surface area contributed by atoms with Crippen LogP contribution in [0.1, 0.15) is 27.2 Å². The summed E-state index contributed by atoms with van der Waals surface area (Å²) < 4.78 is 9.90. The fourth-order valence-corrected chi connectivity index (χ4v) is 0.993. The summed E-state index contributed by atoms with van der Waals surface area (Å²) in [6.45, 7) is 5.37. The van der Waals surface area contributed by atoms with Crippen LogP contribution in [0.5, 0.6) is 0 Å². The summed E-state index contributed by atoms with van der Waals surface area (Å²) in [5.74, 6) is 0.455. The molecule has 1 atom stereocenters. The molecule has 0 saturated carbocycles. The summed E-state index contributed by atoms with van der Waals surface area (Å²) in [5, 5.41) is 6.13. The van der Waals surface area contributed by atoms with Crippen LogP contribution in [0.2, 0.25) is 0 Å². The Morgan fingerprint density at radius 2 is 2.27 bits per heavy atom. The third kappa shape index (κ3) is 4.05. The lowest BCUT2D eigenvalue weighted by Crippen LogP contribution is -2.39. The Morgan fingerprint density at radius 3 is 2.73 bits per heavy atom. The Balaban J connectivity index is 2.30. The Hall–Kier alpha value is -1.46. The standard InChI is InChI=1S/C9H16N2O4/c1-9(2,3)14-8(12)10-6-5-7(13-4)11-15-6/h6H,5H2,1-4H3,(H,10,12). The van der Waals surface area contributed by atoms with Crippen LogP contribution in [0.15, 0.2) is 5.16 Å². The summed E-state index contributed by atoms with van der Waals surface area (Å²) in [7, 11) is 1.50. The number of carbonyl (C=O) groups excluding carboxylic acids is 1. The first-order valence-corrected chi connectivity index (χ1v) is 4.67. The van der Waals surface area contributed by atoms with Gasteiger partial charge in [-0.3, -0.25) is 5.32 Å². The Morgan fingerprint density at radius 1 is 1.60 bits per heavy atom. The number of methoxy groups -OCH3 is 1. The number of carbonyl (C=O) groups is 1. The number of oxime groups is 1. The maximum atomic E-state index is 11.3. The lowest BCUT2D eigenvalue weighted by Gasteiger charge is -2.20. The van der Waals surface area contributed by atoms with E-state index in [9.17, 15) is 4.79 Å². The van der Waals surface area contributed by atoms with E-state index in [-0.39, 0.29) is 0 Å². The molecule has 1 aliphatic rings. The monoisotopic (exact) mass is 216 g/mol. The average Bonchev–Trinajstić information content (AvgIpc) is 2.48. The van der Waals surface area contributed by atoms with E-state index in [4.69, 9.17) is 14.3 Å². The zero-order chi connectivity index (χ0) is 11.5. The van der Waals surface area contributed by atoms with Gasteiger partial charge in [-0.25, -0.2) is 4.79 Å². The normalized spacial score (nSPS) is 20.3. The van der Waals surface area contributed by atoms with Crippen molar-refractivity contribution in [1.29, 1.82) is 0 Å². The zero-order valence-electron chi connectivity index (χ0n) is 9.36. The highest BCUT2D eigenvalue weighted by atomic mass is 16.7. The molecule has 0 saturated heterocycles. The van der Waals surface area contributed by atoms with Gasteiger partial charge >= 0.3 is 6.09 Å². The first-order chi connectivity index (χ1) is 6.90. The van der Waals surface area contributed by atoms with Crippen molar-refractivity contribution in [3.63, 3.8) is 0 Å². The van der Waals surface area contributed by atoms with Crippen molar-refractivity contribution < 1.29 is 19.1 Å². The van der Waals surface area contributed by atoms with Crippen LogP contribution in [0.3, 0.4) is 0 Å². The zero-order valence-corrected chi connectivity index (χ0v) is 9.36. The first kappa shape index (κ1) is 11.6. The second kappa shape index (κ2) is 4.37. The van der Waals surface area contributed by atoms with Crippen LogP contribution >= 0.6 is 0 Å². The smallest absolute Gasteiger partial charge is 0.410 e. The molecule has 0 radical (unpaired) electrons. The fraction of sp³-hybridized carbons (Fsp3) is 0.778. The average molecular weight is 216 g/mol. The number of alkyl carbamates (subject to hydrolysis) is 1. The minimum Gasteiger partial charge on any atom is -0.482 e. The van der Waals surface area contributed by atoms with E-state index < -0.39 is 17.9 Å². The molecule has 1 N–H and O–H groups in total. The third-order valence-corrected chi connectivity index (χ3v) is 1.56. The molecule has 1 amide bonds. The summed E-state index contributed by atoms with van der Waals surface area (Å²) in [4.78, 5) is 16.2. The second-order valence-electron chi connectivity index (χ2n) is 4.13. The predicted octanol–water partition coefficient (Wildman–Crippen LogP) is 1.22. The van der Waals surface area contributed by atoms with Crippen LogP contribution in [-0.4, -0.2) is 30.9 Å². The van der Waals surface area contributed by atoms with Gasteiger partial charge in [0.05, 0.1) is 13.5 Å². The molecule has 0 aromatic rings. The van der Waals surface area contributed by atoms with E-state index in [2.05, 4.69) is 10.5 Å². The lowest BCUT2D eigenvalue weighted by molar-refractivity contribution is 0.0200. The lowest BCUT2D eigenvalue weighted by atomic mass is 10.2. The highest BCUT2D eigenvalue weighted by molar-refractivity contribution is 5.78. The van der Waals surface area contributed by atoms with E-state index in [1.54, 1.807) is 20.8 Å². The van der Waals surface area contributed by atoms with Crippen LogP contribution in [0, 0.1) is 0 Å². The number of nitrogens with one attached hydrogen (secondary N) is 1. The van der Waals surface area contributed by atoms with Crippen molar-refractivity contribution in [2.45, 2.75) is 39.0 Å². The van der Waals surface area contributed by atoms with Crippen molar-refractivity contribution in [2.75, 3.05) is 7.11 Å². The molecule has 6 nitrogen and oxygen atoms in total. The topological polar surface area (TPSA) is 69.2 Å². The van der Waals surface area contributed by atoms with Crippen LogP contribution in [0.4, 0.5) is 4.79 Å². The van der Waals surface area contributed by atoms with Crippen molar-refractivity contribution in [2.24, 2.45) is 5.16 Å². The maximum Gasteiger partial charge on any atom is 0.410 e. The van der Waals surface area contributed by atoms with Crippen molar-refractivity contribution >= 4 is 12.0 Å². The largest absolute Gasteiger partial charge is 0.482 e. The summed E-state index contributed by atoms with van der Waals surface area (Å²) >= 11 is 0. The molecule has 0 aliphatic carbocycles. The summed E-state index contributed by atoms with van der Waals surface area (Å²) in [6, 6.07) is 0. The van der Waals surface area contributed by atoms with Gasteiger partial charge in [0.2, 0.25) is 12.1 Å². The number of hydrogen-bond donors (Lipinski definition) is 1. The minimum atomic E-state index is -0.528. The van der Waals surface area contributed by atoms with Crippen LogP contribution < -0.4 is 5.32 Å².